The van der Waals surface area contributed by atoms with E-state index in [-0.39, 0.29) is 11.8 Å². The summed E-state index contributed by atoms with van der Waals surface area (Å²) in [4.78, 5) is 27.1. The number of nitrogens with zero attached hydrogens (tertiary/aromatic N) is 1. The molecule has 0 saturated carbocycles. The SMILES string of the molecule is CCCNC(=O)[C@H](C)N(Cc1ccc(Cl)cc1)C(=O)CSCc1ccc(Cl)cc1. The van der Waals surface area contributed by atoms with Gasteiger partial charge in [-0.25, -0.2) is 0 Å². The molecule has 0 radical (unpaired) electrons. The van der Waals surface area contributed by atoms with Crippen LogP contribution >= 0.6 is 35.0 Å². The van der Waals surface area contributed by atoms with Gasteiger partial charge in [-0.15, -0.1) is 11.8 Å². The number of halogens is 2. The quantitative estimate of drug-likeness (QED) is 0.540. The smallest absolute Gasteiger partial charge is 0.242 e. The molecule has 1 N–H and O–H groups in total. The van der Waals surface area contributed by atoms with E-state index in [4.69, 9.17) is 23.2 Å². The van der Waals surface area contributed by atoms with Gasteiger partial charge < -0.3 is 10.2 Å². The second-order valence-electron chi connectivity index (χ2n) is 6.73. The van der Waals surface area contributed by atoms with Gasteiger partial charge in [0, 0.05) is 28.9 Å². The van der Waals surface area contributed by atoms with Crippen LogP contribution in [0, 0.1) is 0 Å². The average molecular weight is 453 g/mol. The number of nitrogens with one attached hydrogen (secondary N) is 1. The minimum atomic E-state index is -0.555. The van der Waals surface area contributed by atoms with E-state index in [1.54, 1.807) is 24.0 Å². The monoisotopic (exact) mass is 452 g/mol. The molecular weight excluding hydrogens is 427 g/mol. The van der Waals surface area contributed by atoms with Gasteiger partial charge in [0.15, 0.2) is 0 Å². The fourth-order valence-electron chi connectivity index (χ4n) is 2.68. The molecule has 4 nitrogen and oxygen atoms in total. The summed E-state index contributed by atoms with van der Waals surface area (Å²) in [7, 11) is 0. The maximum absolute atomic E-state index is 13.0. The Balaban J connectivity index is 2.03. The lowest BCUT2D eigenvalue weighted by molar-refractivity contribution is -0.138. The van der Waals surface area contributed by atoms with Gasteiger partial charge in [-0.3, -0.25) is 9.59 Å². The van der Waals surface area contributed by atoms with E-state index < -0.39 is 6.04 Å². The number of thioether (sulfide) groups is 1. The molecule has 0 aliphatic carbocycles. The fourth-order valence-corrected chi connectivity index (χ4v) is 3.81. The van der Waals surface area contributed by atoms with Crippen molar-refractivity contribution in [2.24, 2.45) is 0 Å². The number of carbonyl (C=O) groups excluding carboxylic acids is 2. The number of amides is 2. The topological polar surface area (TPSA) is 49.4 Å². The van der Waals surface area contributed by atoms with Crippen molar-refractivity contribution in [3.05, 3.63) is 69.7 Å². The van der Waals surface area contributed by atoms with Gasteiger partial charge >= 0.3 is 0 Å². The van der Waals surface area contributed by atoms with Crippen molar-refractivity contribution in [2.45, 2.75) is 38.6 Å². The van der Waals surface area contributed by atoms with E-state index in [1.165, 1.54) is 11.8 Å². The fraction of sp³-hybridized carbons (Fsp3) is 0.364. The largest absolute Gasteiger partial charge is 0.354 e. The van der Waals surface area contributed by atoms with Crippen molar-refractivity contribution in [3.63, 3.8) is 0 Å². The van der Waals surface area contributed by atoms with Gasteiger partial charge in [0.25, 0.3) is 0 Å². The van der Waals surface area contributed by atoms with Gasteiger partial charge in [0.1, 0.15) is 6.04 Å². The highest BCUT2D eigenvalue weighted by atomic mass is 35.5. The summed E-state index contributed by atoms with van der Waals surface area (Å²) in [5.74, 6) is 0.783. The highest BCUT2D eigenvalue weighted by Gasteiger charge is 2.25. The van der Waals surface area contributed by atoms with Crippen LogP contribution < -0.4 is 5.32 Å². The molecule has 156 valence electrons. The first-order chi connectivity index (χ1) is 13.9. The Morgan fingerprint density at radius 1 is 1.00 bits per heavy atom. The first kappa shape index (κ1) is 23.6. The second kappa shape index (κ2) is 12.1. The Morgan fingerprint density at radius 3 is 2.10 bits per heavy atom. The molecule has 0 aromatic heterocycles. The third-order valence-corrected chi connectivity index (χ3v) is 5.88. The predicted molar refractivity (Wildman–Crippen MR) is 122 cm³/mol. The van der Waals surface area contributed by atoms with Crippen molar-refractivity contribution in [3.8, 4) is 0 Å². The van der Waals surface area contributed by atoms with Crippen LogP contribution in [0.15, 0.2) is 48.5 Å². The number of hydrogen-bond donors (Lipinski definition) is 1. The maximum Gasteiger partial charge on any atom is 0.242 e. The highest BCUT2D eigenvalue weighted by molar-refractivity contribution is 7.99. The minimum absolute atomic E-state index is 0.0712. The molecule has 1 atom stereocenters. The Labute approximate surface area is 187 Å². The van der Waals surface area contributed by atoms with Gasteiger partial charge in [-0.2, -0.15) is 0 Å². The molecule has 2 aromatic rings. The first-order valence-corrected chi connectivity index (χ1v) is 11.5. The summed E-state index contributed by atoms with van der Waals surface area (Å²) in [6.45, 7) is 4.72. The van der Waals surface area contributed by atoms with Crippen molar-refractivity contribution in [1.29, 1.82) is 0 Å². The minimum Gasteiger partial charge on any atom is -0.354 e. The summed E-state index contributed by atoms with van der Waals surface area (Å²) >= 11 is 13.4. The Morgan fingerprint density at radius 2 is 1.55 bits per heavy atom. The average Bonchev–Trinajstić information content (AvgIpc) is 2.72. The van der Waals surface area contributed by atoms with Crippen LogP contribution in [-0.4, -0.2) is 35.1 Å². The van der Waals surface area contributed by atoms with E-state index in [1.807, 2.05) is 43.3 Å². The van der Waals surface area contributed by atoms with Crippen molar-refractivity contribution in [1.82, 2.24) is 10.2 Å². The van der Waals surface area contributed by atoms with Crippen LogP contribution in [-0.2, 0) is 21.9 Å². The van der Waals surface area contributed by atoms with Crippen LogP contribution in [0.4, 0.5) is 0 Å². The highest BCUT2D eigenvalue weighted by Crippen LogP contribution is 2.18. The zero-order valence-corrected chi connectivity index (χ0v) is 19.0. The molecule has 29 heavy (non-hydrogen) atoms. The number of carbonyl (C=O) groups is 2. The normalized spacial score (nSPS) is 11.7. The lowest BCUT2D eigenvalue weighted by Gasteiger charge is -2.28. The molecule has 0 aliphatic heterocycles. The molecule has 0 heterocycles. The number of hydrogen-bond acceptors (Lipinski definition) is 3. The van der Waals surface area contributed by atoms with Gasteiger partial charge in [0.05, 0.1) is 5.75 Å². The van der Waals surface area contributed by atoms with Crippen LogP contribution in [0.5, 0.6) is 0 Å². The zero-order chi connectivity index (χ0) is 21.2. The summed E-state index contributed by atoms with van der Waals surface area (Å²) in [5.41, 5.74) is 2.03. The standard InChI is InChI=1S/C22H26Cl2N2O2S/c1-3-12-25-22(28)16(2)26(13-17-4-8-19(23)9-5-17)21(27)15-29-14-18-6-10-20(24)11-7-18/h4-11,16H,3,12-15H2,1-2H3,(H,25,28)/t16-/m0/s1. The number of rotatable bonds is 10. The zero-order valence-electron chi connectivity index (χ0n) is 16.7. The van der Waals surface area contributed by atoms with E-state index in [9.17, 15) is 9.59 Å². The first-order valence-electron chi connectivity index (χ1n) is 9.54. The summed E-state index contributed by atoms with van der Waals surface area (Å²) in [6.07, 6.45) is 0.848. The Hall–Kier alpha value is -1.69. The van der Waals surface area contributed by atoms with Crippen LogP contribution in [0.1, 0.15) is 31.4 Å². The van der Waals surface area contributed by atoms with Crippen LogP contribution in [0.2, 0.25) is 10.0 Å². The summed E-state index contributed by atoms with van der Waals surface area (Å²) < 4.78 is 0. The molecule has 0 saturated heterocycles. The molecule has 0 spiro atoms. The Kier molecular flexibility index (Phi) is 9.85. The Bertz CT molecular complexity index is 797. The van der Waals surface area contributed by atoms with Crippen LogP contribution in [0.25, 0.3) is 0 Å². The molecule has 2 rings (SSSR count). The second-order valence-corrected chi connectivity index (χ2v) is 8.59. The molecule has 0 fully saturated rings. The molecule has 0 unspecified atom stereocenters. The van der Waals surface area contributed by atoms with Crippen molar-refractivity contribution in [2.75, 3.05) is 12.3 Å². The van der Waals surface area contributed by atoms with Gasteiger partial charge in [0.2, 0.25) is 11.8 Å². The van der Waals surface area contributed by atoms with E-state index >= 15 is 0 Å². The third kappa shape index (κ3) is 7.92. The molecular formula is C22H26Cl2N2O2S. The van der Waals surface area contributed by atoms with Crippen LogP contribution in [0.3, 0.4) is 0 Å². The van der Waals surface area contributed by atoms with Crippen molar-refractivity contribution < 1.29 is 9.59 Å². The molecule has 2 aromatic carbocycles. The maximum atomic E-state index is 13.0. The molecule has 7 heteroatoms. The van der Waals surface area contributed by atoms with Gasteiger partial charge in [-0.05, 0) is 48.7 Å². The molecule has 0 aliphatic rings. The molecule has 2 amide bonds. The van der Waals surface area contributed by atoms with E-state index in [0.717, 1.165) is 17.5 Å². The predicted octanol–water partition coefficient (Wildman–Crippen LogP) is 5.17. The van der Waals surface area contributed by atoms with E-state index in [0.29, 0.717) is 34.6 Å². The lowest BCUT2D eigenvalue weighted by Crippen LogP contribution is -2.48. The summed E-state index contributed by atoms with van der Waals surface area (Å²) in [5, 5.41) is 4.20. The number of benzene rings is 2. The van der Waals surface area contributed by atoms with Gasteiger partial charge in [-0.1, -0.05) is 54.4 Å². The molecule has 0 bridgehead atoms. The summed E-state index contributed by atoms with van der Waals surface area (Å²) in [6, 6.07) is 14.4. The van der Waals surface area contributed by atoms with Crippen molar-refractivity contribution >= 4 is 46.8 Å². The van der Waals surface area contributed by atoms with E-state index in [2.05, 4.69) is 5.32 Å². The lowest BCUT2D eigenvalue weighted by atomic mass is 10.1. The third-order valence-electron chi connectivity index (χ3n) is 4.39.